The molecule has 0 bridgehead atoms. The first-order valence-corrected chi connectivity index (χ1v) is 7.11. The lowest BCUT2D eigenvalue weighted by Crippen LogP contribution is -2.41. The van der Waals surface area contributed by atoms with E-state index >= 15 is 0 Å². The number of carbonyl (C=O) groups is 1. The molecule has 0 heterocycles. The van der Waals surface area contributed by atoms with Gasteiger partial charge in [-0.2, -0.15) is 0 Å². The summed E-state index contributed by atoms with van der Waals surface area (Å²) in [6.45, 7) is 8.10. The van der Waals surface area contributed by atoms with Crippen LogP contribution in [-0.2, 0) is 0 Å². The molecule has 5 heteroatoms. The highest BCUT2D eigenvalue weighted by atomic mass is 79.9. The molecule has 0 atom stereocenters. The van der Waals surface area contributed by atoms with Gasteiger partial charge in [-0.25, -0.2) is 4.79 Å². The lowest BCUT2D eigenvalue weighted by atomic mass is 10.1. The molecule has 0 radical (unpaired) electrons. The number of aliphatic hydroxyl groups is 1. The van der Waals surface area contributed by atoms with E-state index in [-0.39, 0.29) is 18.7 Å². The van der Waals surface area contributed by atoms with Gasteiger partial charge < -0.3 is 15.3 Å². The molecular weight excluding hydrogens is 308 g/mol. The van der Waals surface area contributed by atoms with Crippen LogP contribution in [0.2, 0.25) is 0 Å². The van der Waals surface area contributed by atoms with Crippen LogP contribution in [0.5, 0.6) is 0 Å². The Bertz CT molecular complexity index is 461. The summed E-state index contributed by atoms with van der Waals surface area (Å²) in [7, 11) is 0. The molecule has 0 aliphatic heterocycles. The fourth-order valence-corrected chi connectivity index (χ4v) is 2.19. The van der Waals surface area contributed by atoms with E-state index in [0.29, 0.717) is 6.54 Å². The summed E-state index contributed by atoms with van der Waals surface area (Å²) in [6, 6.07) is 3.77. The fraction of sp³-hybridized carbons (Fsp3) is 0.500. The van der Waals surface area contributed by atoms with Crippen molar-refractivity contribution >= 4 is 27.6 Å². The number of aryl methyl sites for hydroxylation is 2. The number of hydrogen-bond acceptors (Lipinski definition) is 2. The van der Waals surface area contributed by atoms with Crippen LogP contribution in [0.25, 0.3) is 0 Å². The molecule has 0 aromatic heterocycles. The zero-order chi connectivity index (χ0) is 14.6. The molecule has 4 nitrogen and oxygen atoms in total. The third kappa shape index (κ3) is 4.21. The van der Waals surface area contributed by atoms with Crippen molar-refractivity contribution in [2.45, 2.75) is 33.7 Å². The van der Waals surface area contributed by atoms with Gasteiger partial charge in [-0.05, 0) is 44.9 Å². The molecule has 0 aliphatic carbocycles. The van der Waals surface area contributed by atoms with E-state index in [0.717, 1.165) is 21.3 Å². The van der Waals surface area contributed by atoms with Gasteiger partial charge in [-0.1, -0.05) is 22.0 Å². The van der Waals surface area contributed by atoms with E-state index in [1.54, 1.807) is 4.90 Å². The highest BCUT2D eigenvalue weighted by molar-refractivity contribution is 9.10. The molecular formula is C14H21BrN2O2. The van der Waals surface area contributed by atoms with Gasteiger partial charge in [-0.3, -0.25) is 0 Å². The summed E-state index contributed by atoms with van der Waals surface area (Å²) in [4.78, 5) is 13.8. The molecule has 0 spiro atoms. The minimum atomic E-state index is -0.192. The number of aliphatic hydroxyl groups excluding tert-OH is 1. The second-order valence-electron chi connectivity index (χ2n) is 4.86. The Morgan fingerprint density at radius 2 is 2.00 bits per heavy atom. The summed E-state index contributed by atoms with van der Waals surface area (Å²) in [6.07, 6.45) is 0. The van der Waals surface area contributed by atoms with Crippen molar-refractivity contribution in [1.82, 2.24) is 4.90 Å². The summed E-state index contributed by atoms with van der Waals surface area (Å²) >= 11 is 3.46. The first-order chi connectivity index (χ1) is 8.86. The van der Waals surface area contributed by atoms with Gasteiger partial charge in [0.2, 0.25) is 0 Å². The van der Waals surface area contributed by atoms with Crippen molar-refractivity contribution in [1.29, 1.82) is 0 Å². The Kier molecular flexibility index (Phi) is 5.82. The standard InChI is InChI=1S/C14H21BrN2O2/c1-9(2)17(5-6-18)14(19)16-13-8-12(15)10(3)7-11(13)4/h7-9,18H,5-6H2,1-4H3,(H,16,19). The van der Waals surface area contributed by atoms with E-state index in [4.69, 9.17) is 5.11 Å². The second-order valence-corrected chi connectivity index (χ2v) is 5.71. The van der Waals surface area contributed by atoms with Crippen LogP contribution in [0.3, 0.4) is 0 Å². The normalized spacial score (nSPS) is 10.7. The van der Waals surface area contributed by atoms with Gasteiger partial charge >= 0.3 is 6.03 Å². The van der Waals surface area contributed by atoms with Crippen molar-refractivity contribution in [3.8, 4) is 0 Å². The highest BCUT2D eigenvalue weighted by Crippen LogP contribution is 2.25. The first kappa shape index (κ1) is 16.0. The van der Waals surface area contributed by atoms with E-state index < -0.39 is 0 Å². The predicted molar refractivity (Wildman–Crippen MR) is 81.6 cm³/mol. The molecule has 0 saturated carbocycles. The largest absolute Gasteiger partial charge is 0.395 e. The van der Waals surface area contributed by atoms with E-state index in [9.17, 15) is 4.79 Å². The molecule has 1 rings (SSSR count). The SMILES string of the molecule is Cc1cc(C)c(NC(=O)N(CCO)C(C)C)cc1Br. The smallest absolute Gasteiger partial charge is 0.322 e. The summed E-state index contributed by atoms with van der Waals surface area (Å²) in [5.74, 6) is 0. The van der Waals surface area contributed by atoms with Gasteiger partial charge in [0.05, 0.1) is 6.61 Å². The van der Waals surface area contributed by atoms with E-state index in [1.807, 2.05) is 39.8 Å². The van der Waals surface area contributed by atoms with Gasteiger partial charge in [0.15, 0.2) is 0 Å². The zero-order valence-electron chi connectivity index (χ0n) is 11.8. The molecule has 19 heavy (non-hydrogen) atoms. The second kappa shape index (κ2) is 6.91. The Morgan fingerprint density at radius 3 is 2.53 bits per heavy atom. The monoisotopic (exact) mass is 328 g/mol. The molecule has 2 amide bonds. The van der Waals surface area contributed by atoms with Crippen LogP contribution in [0.4, 0.5) is 10.5 Å². The van der Waals surface area contributed by atoms with Crippen molar-refractivity contribution < 1.29 is 9.90 Å². The number of hydrogen-bond donors (Lipinski definition) is 2. The van der Waals surface area contributed by atoms with Crippen LogP contribution in [0.15, 0.2) is 16.6 Å². The molecule has 1 aromatic carbocycles. The van der Waals surface area contributed by atoms with Crippen molar-refractivity contribution in [2.24, 2.45) is 0 Å². The topological polar surface area (TPSA) is 52.6 Å². The van der Waals surface area contributed by atoms with Crippen LogP contribution in [0, 0.1) is 13.8 Å². The van der Waals surface area contributed by atoms with Gasteiger partial charge in [0.1, 0.15) is 0 Å². The summed E-state index contributed by atoms with van der Waals surface area (Å²) < 4.78 is 0.964. The first-order valence-electron chi connectivity index (χ1n) is 6.32. The van der Waals surface area contributed by atoms with E-state index in [2.05, 4.69) is 21.2 Å². The maximum atomic E-state index is 12.2. The van der Waals surface area contributed by atoms with Crippen molar-refractivity contribution in [3.05, 3.63) is 27.7 Å². The van der Waals surface area contributed by atoms with Crippen LogP contribution in [0.1, 0.15) is 25.0 Å². The van der Waals surface area contributed by atoms with Crippen LogP contribution < -0.4 is 5.32 Å². The lowest BCUT2D eigenvalue weighted by Gasteiger charge is -2.26. The number of anilines is 1. The van der Waals surface area contributed by atoms with Gasteiger partial charge in [0.25, 0.3) is 0 Å². The third-order valence-electron chi connectivity index (χ3n) is 2.97. The fourth-order valence-electron chi connectivity index (χ4n) is 1.85. The number of carbonyl (C=O) groups excluding carboxylic acids is 1. The Labute approximate surface area is 122 Å². The Morgan fingerprint density at radius 1 is 1.37 bits per heavy atom. The van der Waals surface area contributed by atoms with Crippen LogP contribution >= 0.6 is 15.9 Å². The molecule has 106 valence electrons. The number of nitrogens with one attached hydrogen (secondary N) is 1. The molecule has 2 N–H and O–H groups in total. The average Bonchev–Trinajstić information content (AvgIpc) is 2.32. The Balaban J connectivity index is 2.89. The number of benzene rings is 1. The predicted octanol–water partition coefficient (Wildman–Crippen LogP) is 3.30. The van der Waals surface area contributed by atoms with Gasteiger partial charge in [0, 0.05) is 22.7 Å². The van der Waals surface area contributed by atoms with Crippen molar-refractivity contribution in [2.75, 3.05) is 18.5 Å². The van der Waals surface area contributed by atoms with E-state index in [1.165, 1.54) is 0 Å². The summed E-state index contributed by atoms with van der Waals surface area (Å²) in [5, 5.41) is 11.9. The minimum Gasteiger partial charge on any atom is -0.395 e. The minimum absolute atomic E-state index is 0.0395. The number of urea groups is 1. The maximum Gasteiger partial charge on any atom is 0.322 e. The number of rotatable bonds is 4. The molecule has 0 saturated heterocycles. The number of halogens is 1. The third-order valence-corrected chi connectivity index (χ3v) is 3.83. The zero-order valence-corrected chi connectivity index (χ0v) is 13.4. The van der Waals surface area contributed by atoms with Crippen molar-refractivity contribution in [3.63, 3.8) is 0 Å². The van der Waals surface area contributed by atoms with Crippen LogP contribution in [-0.4, -0.2) is 35.2 Å². The molecule has 0 aliphatic rings. The quantitative estimate of drug-likeness (QED) is 0.890. The highest BCUT2D eigenvalue weighted by Gasteiger charge is 2.17. The maximum absolute atomic E-state index is 12.2. The van der Waals surface area contributed by atoms with Gasteiger partial charge in [-0.15, -0.1) is 0 Å². The number of nitrogens with zero attached hydrogens (tertiary/aromatic N) is 1. The average molecular weight is 329 g/mol. The summed E-state index contributed by atoms with van der Waals surface area (Å²) in [5.41, 5.74) is 2.93. The molecule has 0 unspecified atom stereocenters. The molecule has 0 fully saturated rings. The lowest BCUT2D eigenvalue weighted by molar-refractivity contribution is 0.172. The Hall–Kier alpha value is -1.07. The molecule has 1 aromatic rings. The number of amides is 2.